The van der Waals surface area contributed by atoms with Crippen LogP contribution in [0.2, 0.25) is 0 Å². The Morgan fingerprint density at radius 2 is 2.00 bits per heavy atom. The molecule has 1 atom stereocenters. The number of carbonyl (C=O) groups excluding carboxylic acids is 1. The Bertz CT molecular complexity index is 678. The van der Waals surface area contributed by atoms with Crippen molar-refractivity contribution in [3.05, 3.63) is 29.8 Å². The van der Waals surface area contributed by atoms with Gasteiger partial charge in [0.1, 0.15) is 0 Å². The van der Waals surface area contributed by atoms with E-state index in [1.165, 1.54) is 12.1 Å². The molecule has 2 heterocycles. The molecular formula is C17H24N2O4S. The van der Waals surface area contributed by atoms with Gasteiger partial charge in [-0.25, -0.2) is 13.1 Å². The number of amides is 1. The minimum absolute atomic E-state index is 0.0575. The van der Waals surface area contributed by atoms with Gasteiger partial charge in [-0.15, -0.1) is 0 Å². The van der Waals surface area contributed by atoms with Crippen molar-refractivity contribution < 1.29 is 17.9 Å². The van der Waals surface area contributed by atoms with E-state index >= 15 is 0 Å². The molecule has 0 saturated carbocycles. The van der Waals surface area contributed by atoms with Crippen LogP contribution < -0.4 is 4.72 Å². The Morgan fingerprint density at radius 3 is 2.71 bits per heavy atom. The Hall–Kier alpha value is -1.44. The first kappa shape index (κ1) is 17.4. The molecule has 0 spiro atoms. The lowest BCUT2D eigenvalue weighted by atomic mass is 10.1. The molecule has 1 aromatic carbocycles. The Morgan fingerprint density at radius 1 is 1.21 bits per heavy atom. The number of benzene rings is 1. The van der Waals surface area contributed by atoms with Crippen molar-refractivity contribution in [3.63, 3.8) is 0 Å². The van der Waals surface area contributed by atoms with Gasteiger partial charge >= 0.3 is 0 Å². The fourth-order valence-corrected chi connectivity index (χ4v) is 4.28. The molecule has 3 rings (SSSR count). The molecule has 1 aromatic rings. The fourth-order valence-electron chi connectivity index (χ4n) is 3.17. The van der Waals surface area contributed by atoms with Gasteiger partial charge in [0.15, 0.2) is 0 Å². The normalized spacial score (nSPS) is 21.8. The molecule has 24 heavy (non-hydrogen) atoms. The summed E-state index contributed by atoms with van der Waals surface area (Å²) >= 11 is 0. The van der Waals surface area contributed by atoms with E-state index < -0.39 is 10.0 Å². The molecule has 2 aliphatic rings. The summed E-state index contributed by atoms with van der Waals surface area (Å²) in [5.41, 5.74) is 0.428. The topological polar surface area (TPSA) is 75.7 Å². The lowest BCUT2D eigenvalue weighted by Crippen LogP contribution is -2.36. The number of nitrogens with zero attached hydrogens (tertiary/aromatic N) is 1. The van der Waals surface area contributed by atoms with E-state index in [2.05, 4.69) is 4.72 Å². The highest BCUT2D eigenvalue weighted by molar-refractivity contribution is 7.89. The van der Waals surface area contributed by atoms with Gasteiger partial charge in [-0.05, 0) is 50.3 Å². The van der Waals surface area contributed by atoms with E-state index in [0.717, 1.165) is 45.2 Å². The van der Waals surface area contributed by atoms with E-state index in [1.54, 1.807) is 17.0 Å². The maximum atomic E-state index is 12.5. The second-order valence-electron chi connectivity index (χ2n) is 6.37. The van der Waals surface area contributed by atoms with Gasteiger partial charge < -0.3 is 9.64 Å². The van der Waals surface area contributed by atoms with Crippen LogP contribution in [0, 0.1) is 0 Å². The minimum atomic E-state index is -3.64. The number of sulfonamides is 1. The first-order valence-corrected chi connectivity index (χ1v) is 10.1. The summed E-state index contributed by atoms with van der Waals surface area (Å²) in [5.74, 6) is -0.0918. The van der Waals surface area contributed by atoms with E-state index in [-0.39, 0.29) is 23.5 Å². The second kappa shape index (κ2) is 7.63. The molecule has 7 heteroatoms. The van der Waals surface area contributed by atoms with Crippen LogP contribution in [0.3, 0.4) is 0 Å². The molecule has 0 bridgehead atoms. The molecule has 1 unspecified atom stereocenters. The third-order valence-electron chi connectivity index (χ3n) is 4.56. The van der Waals surface area contributed by atoms with Crippen molar-refractivity contribution in [2.45, 2.75) is 43.1 Å². The molecule has 0 radical (unpaired) electrons. The summed E-state index contributed by atoms with van der Waals surface area (Å²) in [4.78, 5) is 14.5. The molecule has 132 valence electrons. The highest BCUT2D eigenvalue weighted by atomic mass is 32.2. The summed E-state index contributed by atoms with van der Waals surface area (Å²) in [6.07, 6.45) is 4.94. The number of ether oxygens (including phenoxy) is 1. The molecule has 2 aliphatic heterocycles. The minimum Gasteiger partial charge on any atom is -0.377 e. The highest BCUT2D eigenvalue weighted by Gasteiger charge is 2.23. The molecule has 0 aromatic heterocycles. The van der Waals surface area contributed by atoms with Gasteiger partial charge in [0.05, 0.1) is 11.0 Å². The quantitative estimate of drug-likeness (QED) is 0.876. The van der Waals surface area contributed by atoms with E-state index in [9.17, 15) is 13.2 Å². The summed E-state index contributed by atoms with van der Waals surface area (Å²) < 4.78 is 32.9. The van der Waals surface area contributed by atoms with Gasteiger partial charge in [-0.1, -0.05) is 6.07 Å². The largest absolute Gasteiger partial charge is 0.377 e. The van der Waals surface area contributed by atoms with Gasteiger partial charge in [0.25, 0.3) is 5.91 Å². The molecule has 2 fully saturated rings. The number of piperidine rings is 1. The molecular weight excluding hydrogens is 328 g/mol. The van der Waals surface area contributed by atoms with Crippen LogP contribution in [0.25, 0.3) is 0 Å². The fraction of sp³-hybridized carbons (Fsp3) is 0.588. The smallest absolute Gasteiger partial charge is 0.253 e. The molecule has 2 saturated heterocycles. The average molecular weight is 352 g/mol. The van der Waals surface area contributed by atoms with Crippen molar-refractivity contribution in [2.75, 3.05) is 26.2 Å². The number of hydrogen-bond acceptors (Lipinski definition) is 4. The third kappa shape index (κ3) is 4.15. The van der Waals surface area contributed by atoms with Gasteiger partial charge in [0.2, 0.25) is 10.0 Å². The van der Waals surface area contributed by atoms with Gasteiger partial charge in [0, 0.05) is 31.8 Å². The van der Waals surface area contributed by atoms with Crippen LogP contribution in [0.1, 0.15) is 42.5 Å². The summed E-state index contributed by atoms with van der Waals surface area (Å²) in [7, 11) is -3.64. The maximum absolute atomic E-state index is 12.5. The molecule has 1 amide bonds. The van der Waals surface area contributed by atoms with E-state index in [4.69, 9.17) is 4.74 Å². The van der Waals surface area contributed by atoms with Crippen molar-refractivity contribution in [1.82, 2.24) is 9.62 Å². The van der Waals surface area contributed by atoms with Crippen LogP contribution in [-0.4, -0.2) is 51.6 Å². The third-order valence-corrected chi connectivity index (χ3v) is 5.98. The van der Waals surface area contributed by atoms with Crippen LogP contribution >= 0.6 is 0 Å². The molecule has 1 N–H and O–H groups in total. The number of hydrogen-bond donors (Lipinski definition) is 1. The molecule has 0 aliphatic carbocycles. The Balaban J connectivity index is 1.70. The Kier molecular flexibility index (Phi) is 5.53. The van der Waals surface area contributed by atoms with Crippen LogP contribution in [0.15, 0.2) is 29.2 Å². The number of nitrogens with one attached hydrogen (secondary N) is 1. The zero-order valence-electron chi connectivity index (χ0n) is 13.7. The number of carbonyl (C=O) groups is 1. The average Bonchev–Trinajstić information content (AvgIpc) is 3.14. The lowest BCUT2D eigenvalue weighted by molar-refractivity contribution is 0.0724. The van der Waals surface area contributed by atoms with Crippen molar-refractivity contribution >= 4 is 15.9 Å². The Labute approximate surface area is 143 Å². The predicted octanol–water partition coefficient (Wildman–Crippen LogP) is 1.77. The maximum Gasteiger partial charge on any atom is 0.253 e. The van der Waals surface area contributed by atoms with Crippen LogP contribution in [0.5, 0.6) is 0 Å². The standard InChI is InChI=1S/C17H24N2O4S/c20-17(19-9-2-1-3-10-19)14-6-4-8-16(12-14)24(21,22)18-13-15-7-5-11-23-15/h4,6,8,12,15,18H,1-3,5,7,9-11,13H2. The number of likely N-dealkylation sites (tertiary alicyclic amines) is 1. The van der Waals surface area contributed by atoms with Gasteiger partial charge in [-0.2, -0.15) is 0 Å². The summed E-state index contributed by atoms with van der Waals surface area (Å²) in [5, 5.41) is 0. The van der Waals surface area contributed by atoms with Crippen molar-refractivity contribution in [1.29, 1.82) is 0 Å². The summed E-state index contributed by atoms with van der Waals surface area (Å²) in [6.45, 7) is 2.44. The zero-order valence-corrected chi connectivity index (χ0v) is 14.6. The van der Waals surface area contributed by atoms with Crippen LogP contribution in [0.4, 0.5) is 0 Å². The summed E-state index contributed by atoms with van der Waals surface area (Å²) in [6, 6.07) is 6.29. The molecule has 6 nitrogen and oxygen atoms in total. The SMILES string of the molecule is O=C(c1cccc(S(=O)(=O)NCC2CCCO2)c1)N1CCCCC1. The second-order valence-corrected chi connectivity index (χ2v) is 8.13. The lowest BCUT2D eigenvalue weighted by Gasteiger charge is -2.26. The predicted molar refractivity (Wildman–Crippen MR) is 90.4 cm³/mol. The van der Waals surface area contributed by atoms with Crippen molar-refractivity contribution in [3.8, 4) is 0 Å². The highest BCUT2D eigenvalue weighted by Crippen LogP contribution is 2.17. The van der Waals surface area contributed by atoms with E-state index in [1.807, 2.05) is 0 Å². The number of rotatable bonds is 5. The van der Waals surface area contributed by atoms with Gasteiger partial charge in [-0.3, -0.25) is 4.79 Å². The monoisotopic (exact) mass is 352 g/mol. The van der Waals surface area contributed by atoms with Crippen LogP contribution in [-0.2, 0) is 14.8 Å². The first-order chi connectivity index (χ1) is 11.6. The van der Waals surface area contributed by atoms with Crippen molar-refractivity contribution in [2.24, 2.45) is 0 Å². The zero-order chi connectivity index (χ0) is 17.0. The van der Waals surface area contributed by atoms with E-state index in [0.29, 0.717) is 12.2 Å². The first-order valence-electron chi connectivity index (χ1n) is 8.57.